The molecule has 1 aliphatic rings. The summed E-state index contributed by atoms with van der Waals surface area (Å²) in [4.78, 5) is 17.8. The minimum absolute atomic E-state index is 0.0427. The number of fused-ring (bicyclic) bond motifs is 1. The van der Waals surface area contributed by atoms with Gasteiger partial charge in [-0.2, -0.15) is 0 Å². The van der Waals surface area contributed by atoms with Gasteiger partial charge in [0.1, 0.15) is 5.82 Å². The first-order valence-electron chi connectivity index (χ1n) is 8.52. The number of rotatable bonds is 5. The smallest absolute Gasteiger partial charge is 0.226 e. The number of benzene rings is 2. The number of hydrogen-bond donors (Lipinski definition) is 2. The molecule has 7 heteroatoms. The van der Waals surface area contributed by atoms with Crippen molar-refractivity contribution in [1.82, 2.24) is 4.98 Å². The number of methoxy groups -OCH3 is 2. The van der Waals surface area contributed by atoms with E-state index >= 15 is 0 Å². The third kappa shape index (κ3) is 3.46. The van der Waals surface area contributed by atoms with Crippen LogP contribution >= 0.6 is 11.3 Å². The van der Waals surface area contributed by atoms with Gasteiger partial charge in [-0.25, -0.2) is 4.98 Å². The van der Waals surface area contributed by atoms with Gasteiger partial charge >= 0.3 is 0 Å². The molecule has 3 aromatic rings. The Morgan fingerprint density at radius 2 is 1.89 bits per heavy atom. The fraction of sp³-hybridized carbons (Fsp3) is 0.200. The lowest BCUT2D eigenvalue weighted by Crippen LogP contribution is -2.22. The Morgan fingerprint density at radius 1 is 1.11 bits per heavy atom. The number of para-hydroxylation sites is 1. The molecular weight excluding hydrogens is 362 g/mol. The summed E-state index contributed by atoms with van der Waals surface area (Å²) in [5, 5.41) is 6.93. The SMILES string of the molecule is COc1ccc([C@@H]2CC(=O)Nc3nc(Nc4ccccc4)sc32)cc1OC. The Balaban J connectivity index is 1.69. The van der Waals surface area contributed by atoms with E-state index in [-0.39, 0.29) is 11.8 Å². The Kier molecular flexibility index (Phi) is 4.68. The number of hydrogen-bond acceptors (Lipinski definition) is 6. The average Bonchev–Trinajstić information content (AvgIpc) is 3.09. The maximum absolute atomic E-state index is 12.2. The summed E-state index contributed by atoms with van der Waals surface area (Å²) in [5.74, 6) is 1.82. The lowest BCUT2D eigenvalue weighted by atomic mass is 9.91. The summed E-state index contributed by atoms with van der Waals surface area (Å²) in [7, 11) is 3.21. The van der Waals surface area contributed by atoms with Crippen molar-refractivity contribution in [2.45, 2.75) is 12.3 Å². The van der Waals surface area contributed by atoms with Gasteiger partial charge in [-0.3, -0.25) is 4.79 Å². The largest absolute Gasteiger partial charge is 0.493 e. The fourth-order valence-electron chi connectivity index (χ4n) is 3.16. The molecule has 0 spiro atoms. The van der Waals surface area contributed by atoms with Crippen molar-refractivity contribution in [2.75, 3.05) is 24.9 Å². The Hall–Kier alpha value is -3.06. The highest BCUT2D eigenvalue weighted by Crippen LogP contribution is 2.44. The van der Waals surface area contributed by atoms with E-state index in [0.29, 0.717) is 23.7 Å². The van der Waals surface area contributed by atoms with Crippen LogP contribution in [0.15, 0.2) is 48.5 Å². The molecule has 2 heterocycles. The van der Waals surface area contributed by atoms with E-state index in [1.165, 1.54) is 0 Å². The van der Waals surface area contributed by atoms with Crippen LogP contribution in [0, 0.1) is 0 Å². The van der Waals surface area contributed by atoms with Crippen LogP contribution in [0.1, 0.15) is 22.8 Å². The molecule has 0 bridgehead atoms. The van der Waals surface area contributed by atoms with Crippen LogP contribution in [0.4, 0.5) is 16.6 Å². The molecule has 0 aliphatic carbocycles. The molecule has 0 unspecified atom stereocenters. The maximum atomic E-state index is 12.2. The number of amides is 1. The maximum Gasteiger partial charge on any atom is 0.226 e. The van der Waals surface area contributed by atoms with Crippen LogP contribution in [-0.4, -0.2) is 25.1 Å². The number of nitrogens with zero attached hydrogens (tertiary/aromatic N) is 1. The van der Waals surface area contributed by atoms with E-state index in [9.17, 15) is 4.79 Å². The molecule has 4 rings (SSSR count). The predicted octanol–water partition coefficient (Wildman–Crippen LogP) is 4.38. The number of thiazole rings is 1. The average molecular weight is 381 g/mol. The zero-order valence-corrected chi connectivity index (χ0v) is 15.8. The summed E-state index contributed by atoms with van der Waals surface area (Å²) in [6, 6.07) is 15.6. The van der Waals surface area contributed by atoms with Crippen LogP contribution < -0.4 is 20.1 Å². The van der Waals surface area contributed by atoms with Crippen LogP contribution in [0.25, 0.3) is 0 Å². The second-order valence-electron chi connectivity index (χ2n) is 6.14. The van der Waals surface area contributed by atoms with Gasteiger partial charge in [0.25, 0.3) is 0 Å². The standard InChI is InChI=1S/C20H19N3O3S/c1-25-15-9-8-12(10-16(15)26-2)14-11-17(24)22-19-18(14)27-20(23-19)21-13-6-4-3-5-7-13/h3-10,14H,11H2,1-2H3,(H,21,23)(H,22,24)/t14-/m0/s1. The Bertz CT molecular complexity index is 972. The van der Waals surface area contributed by atoms with Crippen LogP contribution in [0.2, 0.25) is 0 Å². The number of aromatic nitrogens is 1. The van der Waals surface area contributed by atoms with E-state index in [0.717, 1.165) is 21.3 Å². The number of ether oxygens (including phenoxy) is 2. The van der Waals surface area contributed by atoms with Gasteiger partial charge < -0.3 is 20.1 Å². The molecule has 1 atom stereocenters. The minimum Gasteiger partial charge on any atom is -0.493 e. The minimum atomic E-state index is -0.0719. The van der Waals surface area contributed by atoms with Gasteiger partial charge in [0.15, 0.2) is 16.6 Å². The highest BCUT2D eigenvalue weighted by atomic mass is 32.1. The van der Waals surface area contributed by atoms with Gasteiger partial charge in [0.05, 0.1) is 19.1 Å². The Morgan fingerprint density at radius 3 is 2.63 bits per heavy atom. The monoisotopic (exact) mass is 381 g/mol. The van der Waals surface area contributed by atoms with Crippen molar-refractivity contribution >= 4 is 33.9 Å². The van der Waals surface area contributed by atoms with Crippen molar-refractivity contribution in [3.8, 4) is 11.5 Å². The highest BCUT2D eigenvalue weighted by molar-refractivity contribution is 7.16. The van der Waals surface area contributed by atoms with Crippen molar-refractivity contribution < 1.29 is 14.3 Å². The van der Waals surface area contributed by atoms with E-state index in [1.807, 2.05) is 48.5 Å². The number of nitrogens with one attached hydrogen (secondary N) is 2. The second-order valence-corrected chi connectivity index (χ2v) is 7.17. The molecule has 0 radical (unpaired) electrons. The first kappa shape index (κ1) is 17.4. The molecule has 138 valence electrons. The quantitative estimate of drug-likeness (QED) is 0.686. The first-order chi connectivity index (χ1) is 13.2. The van der Waals surface area contributed by atoms with Gasteiger partial charge in [-0.1, -0.05) is 35.6 Å². The summed E-state index contributed by atoms with van der Waals surface area (Å²) < 4.78 is 10.7. The zero-order valence-electron chi connectivity index (χ0n) is 15.0. The summed E-state index contributed by atoms with van der Waals surface area (Å²) in [6.07, 6.45) is 0.370. The molecule has 1 amide bonds. The topological polar surface area (TPSA) is 72.5 Å². The van der Waals surface area contributed by atoms with E-state index in [4.69, 9.17) is 9.47 Å². The lowest BCUT2D eigenvalue weighted by molar-refractivity contribution is -0.116. The van der Waals surface area contributed by atoms with Crippen molar-refractivity contribution in [1.29, 1.82) is 0 Å². The van der Waals surface area contributed by atoms with Crippen LogP contribution in [0.3, 0.4) is 0 Å². The fourth-order valence-corrected chi connectivity index (χ4v) is 4.23. The third-order valence-corrected chi connectivity index (χ3v) is 5.54. The third-order valence-electron chi connectivity index (χ3n) is 4.45. The predicted molar refractivity (Wildman–Crippen MR) is 106 cm³/mol. The normalized spacial score (nSPS) is 15.6. The molecular formula is C20H19N3O3S. The number of carbonyl (C=O) groups excluding carboxylic acids is 1. The molecule has 6 nitrogen and oxygen atoms in total. The molecule has 27 heavy (non-hydrogen) atoms. The molecule has 1 aromatic heterocycles. The molecule has 0 saturated heterocycles. The zero-order chi connectivity index (χ0) is 18.8. The Labute approximate surface area is 161 Å². The number of anilines is 3. The molecule has 2 N–H and O–H groups in total. The van der Waals surface area contributed by atoms with E-state index in [1.54, 1.807) is 25.6 Å². The van der Waals surface area contributed by atoms with Gasteiger partial charge in [0, 0.05) is 18.0 Å². The van der Waals surface area contributed by atoms with Crippen molar-refractivity contribution in [2.24, 2.45) is 0 Å². The van der Waals surface area contributed by atoms with Gasteiger partial charge in [-0.05, 0) is 29.8 Å². The first-order valence-corrected chi connectivity index (χ1v) is 9.34. The number of carbonyl (C=O) groups is 1. The van der Waals surface area contributed by atoms with Crippen molar-refractivity contribution in [3.05, 3.63) is 59.0 Å². The molecule has 1 aliphatic heterocycles. The lowest BCUT2D eigenvalue weighted by Gasteiger charge is -2.22. The summed E-state index contributed by atoms with van der Waals surface area (Å²) in [6.45, 7) is 0. The summed E-state index contributed by atoms with van der Waals surface area (Å²) >= 11 is 1.55. The van der Waals surface area contributed by atoms with Crippen molar-refractivity contribution in [3.63, 3.8) is 0 Å². The molecule has 0 fully saturated rings. The molecule has 0 saturated carbocycles. The van der Waals surface area contributed by atoms with E-state index in [2.05, 4.69) is 15.6 Å². The van der Waals surface area contributed by atoms with Crippen LogP contribution in [-0.2, 0) is 4.79 Å². The second kappa shape index (κ2) is 7.28. The highest BCUT2D eigenvalue weighted by Gasteiger charge is 2.31. The van der Waals surface area contributed by atoms with Gasteiger partial charge in [0.2, 0.25) is 5.91 Å². The summed E-state index contributed by atoms with van der Waals surface area (Å²) in [5.41, 5.74) is 1.95. The van der Waals surface area contributed by atoms with E-state index < -0.39 is 0 Å². The van der Waals surface area contributed by atoms with Crippen LogP contribution in [0.5, 0.6) is 11.5 Å². The molecule has 2 aromatic carbocycles. The van der Waals surface area contributed by atoms with Gasteiger partial charge in [-0.15, -0.1) is 0 Å².